The number of carboxylic acids is 1. The zero-order valence-corrected chi connectivity index (χ0v) is 20.6. The fourth-order valence-electron chi connectivity index (χ4n) is 2.68. The number of hydrogen-bond donors (Lipinski definition) is 1. The standard InChI is InChI=1S/C18H32Cl2I2O2/c1-2-3-4-5-6-7-8-9-10-11-12-13-14-15-17(19,20)18(21,22)16(23)24/h2-15H2,1H3,(H,23,24). The monoisotopic (exact) mass is 604 g/mol. The molecule has 0 fully saturated rings. The third-order valence-electron chi connectivity index (χ3n) is 4.32. The highest BCUT2D eigenvalue weighted by atomic mass is 127. The molecule has 0 aromatic heterocycles. The summed E-state index contributed by atoms with van der Waals surface area (Å²) in [6.07, 6.45) is 17.2. The molecule has 0 saturated heterocycles. The van der Waals surface area contributed by atoms with Gasteiger partial charge in [-0.1, -0.05) is 159 Å². The number of carbonyl (C=O) groups is 1. The molecule has 0 amide bonds. The van der Waals surface area contributed by atoms with Gasteiger partial charge in [0.25, 0.3) is 0 Å². The molecule has 0 bridgehead atoms. The van der Waals surface area contributed by atoms with E-state index in [-0.39, 0.29) is 0 Å². The molecule has 0 rings (SSSR count). The van der Waals surface area contributed by atoms with Crippen LogP contribution in [0, 0.1) is 0 Å². The van der Waals surface area contributed by atoms with Crippen molar-refractivity contribution in [3.05, 3.63) is 0 Å². The van der Waals surface area contributed by atoms with E-state index in [2.05, 4.69) is 6.92 Å². The molecule has 0 aliphatic heterocycles. The topological polar surface area (TPSA) is 37.3 Å². The lowest BCUT2D eigenvalue weighted by atomic mass is 10.0. The van der Waals surface area contributed by atoms with E-state index >= 15 is 0 Å². The second-order valence-corrected chi connectivity index (χ2v) is 13.4. The zero-order valence-electron chi connectivity index (χ0n) is 14.8. The van der Waals surface area contributed by atoms with Crippen LogP contribution in [0.5, 0.6) is 0 Å². The Morgan fingerprint density at radius 2 is 1.12 bits per heavy atom. The summed E-state index contributed by atoms with van der Waals surface area (Å²) in [7, 11) is 0. The lowest BCUT2D eigenvalue weighted by molar-refractivity contribution is -0.136. The van der Waals surface area contributed by atoms with E-state index in [1.807, 2.05) is 45.2 Å². The highest BCUT2D eigenvalue weighted by Gasteiger charge is 2.51. The van der Waals surface area contributed by atoms with Crippen molar-refractivity contribution in [2.45, 2.75) is 103 Å². The van der Waals surface area contributed by atoms with Crippen LogP contribution >= 0.6 is 68.4 Å². The molecule has 6 heteroatoms. The van der Waals surface area contributed by atoms with Crippen molar-refractivity contribution in [2.75, 3.05) is 0 Å². The van der Waals surface area contributed by atoms with Gasteiger partial charge in [0.15, 0.2) is 4.33 Å². The molecule has 0 heterocycles. The number of unbranched alkanes of at least 4 members (excludes halogenated alkanes) is 12. The molecule has 0 atom stereocenters. The minimum atomic E-state index is -1.22. The number of rotatable bonds is 16. The largest absolute Gasteiger partial charge is 0.480 e. The average Bonchev–Trinajstić information content (AvgIpc) is 2.51. The first-order chi connectivity index (χ1) is 11.3. The molecule has 0 spiro atoms. The van der Waals surface area contributed by atoms with Crippen molar-refractivity contribution in [1.82, 2.24) is 0 Å². The van der Waals surface area contributed by atoms with Crippen molar-refractivity contribution < 1.29 is 9.90 Å². The Morgan fingerprint density at radius 3 is 1.46 bits per heavy atom. The summed E-state index contributed by atoms with van der Waals surface area (Å²) in [6, 6.07) is 0. The van der Waals surface area contributed by atoms with E-state index in [0.29, 0.717) is 6.42 Å². The second-order valence-electron chi connectivity index (χ2n) is 6.58. The van der Waals surface area contributed by atoms with Crippen LogP contribution in [0.2, 0.25) is 0 Å². The summed E-state index contributed by atoms with van der Waals surface area (Å²) in [4.78, 5) is 11.2. The number of alkyl halides is 4. The van der Waals surface area contributed by atoms with Crippen molar-refractivity contribution in [1.29, 1.82) is 0 Å². The van der Waals surface area contributed by atoms with Crippen LogP contribution in [0.25, 0.3) is 0 Å². The first kappa shape index (κ1) is 25.5. The number of carboxylic acid groups (broad SMARTS) is 1. The molecule has 0 aromatic rings. The molecular weight excluding hydrogens is 573 g/mol. The number of hydrogen-bond acceptors (Lipinski definition) is 1. The van der Waals surface area contributed by atoms with E-state index in [0.717, 1.165) is 12.8 Å². The highest BCUT2D eigenvalue weighted by molar-refractivity contribution is 14.2. The van der Waals surface area contributed by atoms with Crippen LogP contribution in [0.3, 0.4) is 0 Å². The van der Waals surface area contributed by atoms with Gasteiger partial charge < -0.3 is 5.11 Å². The summed E-state index contributed by atoms with van der Waals surface area (Å²) >= 11 is 16.1. The lowest BCUT2D eigenvalue weighted by Crippen LogP contribution is -2.42. The van der Waals surface area contributed by atoms with Crippen molar-refractivity contribution in [2.24, 2.45) is 0 Å². The quantitative estimate of drug-likeness (QED) is 0.109. The van der Waals surface area contributed by atoms with Crippen LogP contribution in [0.15, 0.2) is 0 Å². The van der Waals surface area contributed by atoms with Crippen molar-refractivity contribution >= 4 is 74.4 Å². The minimum absolute atomic E-state index is 0.520. The van der Waals surface area contributed by atoms with Gasteiger partial charge in [-0.05, 0) is 6.42 Å². The predicted molar refractivity (Wildman–Crippen MR) is 123 cm³/mol. The van der Waals surface area contributed by atoms with Crippen LogP contribution in [-0.2, 0) is 4.79 Å². The van der Waals surface area contributed by atoms with Crippen molar-refractivity contribution in [3.63, 3.8) is 0 Å². The second kappa shape index (κ2) is 14.6. The van der Waals surface area contributed by atoms with Gasteiger partial charge in [-0.15, -0.1) is 0 Å². The molecule has 0 aliphatic carbocycles. The molecule has 0 unspecified atom stereocenters. The Kier molecular flexibility index (Phi) is 15.5. The molecular formula is C18H32Cl2I2O2. The smallest absolute Gasteiger partial charge is 0.332 e. The number of aliphatic carboxylic acids is 1. The van der Waals surface area contributed by atoms with E-state index < -0.39 is 11.7 Å². The maximum atomic E-state index is 11.2. The Balaban J connectivity index is 3.50. The Morgan fingerprint density at radius 1 is 0.792 bits per heavy atom. The molecule has 2 nitrogen and oxygen atoms in total. The molecule has 144 valence electrons. The Labute approximate surface area is 185 Å². The van der Waals surface area contributed by atoms with Gasteiger partial charge in [-0.25, -0.2) is 4.79 Å². The van der Waals surface area contributed by atoms with E-state index in [1.165, 1.54) is 70.6 Å². The Hall–Kier alpha value is 1.51. The molecule has 24 heavy (non-hydrogen) atoms. The van der Waals surface area contributed by atoms with Gasteiger partial charge in [0, 0.05) is 0 Å². The summed E-state index contributed by atoms with van der Waals surface area (Å²) in [6.45, 7) is 2.26. The molecule has 0 aromatic carbocycles. The van der Waals surface area contributed by atoms with Gasteiger partial charge in [0.05, 0.1) is 0 Å². The molecule has 1 N–H and O–H groups in total. The third kappa shape index (κ3) is 11.3. The maximum absolute atomic E-state index is 11.2. The lowest BCUT2D eigenvalue weighted by Gasteiger charge is -2.30. The summed E-state index contributed by atoms with van der Waals surface area (Å²) < 4.78 is -2.40. The van der Waals surface area contributed by atoms with E-state index in [4.69, 9.17) is 23.2 Å². The third-order valence-corrected chi connectivity index (χ3v) is 9.31. The zero-order chi connectivity index (χ0) is 18.5. The highest BCUT2D eigenvalue weighted by Crippen LogP contribution is 2.49. The van der Waals surface area contributed by atoms with Gasteiger partial charge in [-0.3, -0.25) is 0 Å². The van der Waals surface area contributed by atoms with Crippen LogP contribution in [-0.4, -0.2) is 16.8 Å². The van der Waals surface area contributed by atoms with E-state index in [9.17, 15) is 9.90 Å². The minimum Gasteiger partial charge on any atom is -0.480 e. The Bertz CT molecular complexity index is 337. The normalized spacial score (nSPS) is 12.5. The average molecular weight is 605 g/mol. The number of halogens is 4. The van der Waals surface area contributed by atoms with Crippen LogP contribution < -0.4 is 0 Å². The first-order valence-electron chi connectivity index (χ1n) is 9.24. The van der Waals surface area contributed by atoms with Crippen molar-refractivity contribution in [3.8, 4) is 0 Å². The van der Waals surface area contributed by atoms with Gasteiger partial charge in [-0.2, -0.15) is 0 Å². The fraction of sp³-hybridized carbons (Fsp3) is 0.944. The molecule has 0 radical (unpaired) electrons. The fourth-order valence-corrected chi connectivity index (χ4v) is 3.65. The summed E-state index contributed by atoms with van der Waals surface area (Å²) in [5, 5.41) is 9.20. The maximum Gasteiger partial charge on any atom is 0.332 e. The van der Waals surface area contributed by atoms with Gasteiger partial charge in [0.2, 0.25) is 1.43 Å². The molecule has 0 saturated carbocycles. The summed E-state index contributed by atoms with van der Waals surface area (Å²) in [5.74, 6) is -0.969. The molecule has 0 aliphatic rings. The van der Waals surface area contributed by atoms with Gasteiger partial charge >= 0.3 is 5.97 Å². The van der Waals surface area contributed by atoms with E-state index in [1.54, 1.807) is 0 Å². The predicted octanol–water partition coefficient (Wildman–Crippen LogP) is 8.29. The SMILES string of the molecule is CCCCCCCCCCCCCCCC(Cl)(Cl)C(I)(I)C(=O)O. The van der Waals surface area contributed by atoms with Gasteiger partial charge in [0.1, 0.15) is 0 Å². The first-order valence-corrected chi connectivity index (χ1v) is 12.2. The summed E-state index contributed by atoms with van der Waals surface area (Å²) in [5.41, 5.74) is 0. The van der Waals surface area contributed by atoms with Crippen LogP contribution in [0.1, 0.15) is 96.8 Å². The van der Waals surface area contributed by atoms with Crippen LogP contribution in [0.4, 0.5) is 0 Å².